The van der Waals surface area contributed by atoms with Gasteiger partial charge in [0.2, 0.25) is 0 Å². The van der Waals surface area contributed by atoms with E-state index >= 15 is 0 Å². The minimum absolute atomic E-state index is 0.0182. The van der Waals surface area contributed by atoms with Crippen LogP contribution in [-0.4, -0.2) is 47.4 Å². The fraction of sp³-hybridized carbons (Fsp3) is 0.250. The van der Waals surface area contributed by atoms with E-state index in [1.807, 2.05) is 6.92 Å². The summed E-state index contributed by atoms with van der Waals surface area (Å²) in [5.41, 5.74) is 0.544. The van der Waals surface area contributed by atoms with E-state index in [0.717, 1.165) is 6.08 Å². The minimum Gasteiger partial charge on any atom is -0.493 e. The van der Waals surface area contributed by atoms with Gasteiger partial charge in [-0.2, -0.15) is 0 Å². The molecule has 10 heteroatoms. The smallest absolute Gasteiger partial charge is 0.328 e. The Labute approximate surface area is 174 Å². The van der Waals surface area contributed by atoms with Crippen molar-refractivity contribution >= 4 is 27.8 Å². The molecule has 2 N–H and O–H groups in total. The highest BCUT2D eigenvalue weighted by Gasteiger charge is 2.24. The third-order valence-electron chi connectivity index (χ3n) is 3.89. The van der Waals surface area contributed by atoms with Crippen molar-refractivity contribution in [2.75, 3.05) is 32.7 Å². The molecular weight excluding hydrogens is 414 g/mol. The summed E-state index contributed by atoms with van der Waals surface area (Å²) in [6.07, 6.45) is 2.14. The number of anilines is 1. The van der Waals surface area contributed by atoms with Crippen LogP contribution in [0.1, 0.15) is 12.5 Å². The average molecular weight is 437 g/mol. The first-order valence-electron chi connectivity index (χ1n) is 8.76. The van der Waals surface area contributed by atoms with Crippen molar-refractivity contribution in [1.82, 2.24) is 0 Å². The molecule has 0 unspecified atom stereocenters. The van der Waals surface area contributed by atoms with E-state index in [1.165, 1.54) is 51.7 Å². The lowest BCUT2D eigenvalue weighted by Crippen LogP contribution is -2.15. The van der Waals surface area contributed by atoms with E-state index in [1.54, 1.807) is 6.07 Å². The SMILES string of the molecule is CCOc1ccc(NS(=O)(=O)c2cc(/C=C/C(=O)O)cc(OC)c2OC)cc1OC. The lowest BCUT2D eigenvalue weighted by molar-refractivity contribution is -0.131. The molecule has 0 spiro atoms. The number of benzene rings is 2. The summed E-state index contributed by atoms with van der Waals surface area (Å²) in [7, 11) is -0.0259. The maximum Gasteiger partial charge on any atom is 0.328 e. The lowest BCUT2D eigenvalue weighted by atomic mass is 10.2. The zero-order valence-electron chi connectivity index (χ0n) is 17.0. The zero-order chi connectivity index (χ0) is 22.3. The Morgan fingerprint density at radius 2 is 1.73 bits per heavy atom. The predicted molar refractivity (Wildman–Crippen MR) is 111 cm³/mol. The summed E-state index contributed by atoms with van der Waals surface area (Å²) in [4.78, 5) is 10.6. The number of aliphatic carboxylic acids is 1. The molecule has 0 saturated carbocycles. The molecule has 0 aliphatic carbocycles. The molecule has 0 bridgehead atoms. The van der Waals surface area contributed by atoms with E-state index in [4.69, 9.17) is 24.1 Å². The molecule has 0 atom stereocenters. The predicted octanol–water partition coefficient (Wildman–Crippen LogP) is 3.01. The van der Waals surface area contributed by atoms with Crippen molar-refractivity contribution in [2.24, 2.45) is 0 Å². The third-order valence-corrected chi connectivity index (χ3v) is 5.28. The Morgan fingerprint density at radius 1 is 1.03 bits per heavy atom. The molecule has 2 rings (SSSR count). The number of carboxylic acid groups (broad SMARTS) is 1. The molecule has 0 saturated heterocycles. The highest BCUT2D eigenvalue weighted by atomic mass is 32.2. The second-order valence-electron chi connectivity index (χ2n) is 5.83. The van der Waals surface area contributed by atoms with E-state index in [9.17, 15) is 13.2 Å². The minimum atomic E-state index is -4.13. The molecule has 2 aromatic rings. The molecule has 162 valence electrons. The standard InChI is InChI=1S/C20H23NO8S/c1-5-29-15-8-7-14(12-16(15)26-2)21-30(24,25)18-11-13(6-9-19(22)23)10-17(27-3)20(18)28-4/h6-12,21H,5H2,1-4H3,(H,22,23)/b9-6+. The van der Waals surface area contributed by atoms with Gasteiger partial charge in [-0.05, 0) is 42.8 Å². The van der Waals surface area contributed by atoms with Gasteiger partial charge in [0.15, 0.2) is 23.0 Å². The van der Waals surface area contributed by atoms with Crippen LogP contribution in [0, 0.1) is 0 Å². The first-order valence-corrected chi connectivity index (χ1v) is 10.2. The van der Waals surface area contributed by atoms with Gasteiger partial charge in [0.05, 0.1) is 33.6 Å². The highest BCUT2D eigenvalue weighted by molar-refractivity contribution is 7.92. The molecule has 0 radical (unpaired) electrons. The van der Waals surface area contributed by atoms with Crippen LogP contribution in [0.3, 0.4) is 0 Å². The number of carbonyl (C=O) groups is 1. The molecule has 9 nitrogen and oxygen atoms in total. The molecule has 0 fully saturated rings. The summed E-state index contributed by atoms with van der Waals surface area (Å²) >= 11 is 0. The number of nitrogens with one attached hydrogen (secondary N) is 1. The van der Waals surface area contributed by atoms with Crippen molar-refractivity contribution in [3.05, 3.63) is 42.0 Å². The first-order chi connectivity index (χ1) is 14.2. The molecule has 0 aromatic heterocycles. The van der Waals surface area contributed by atoms with Crippen LogP contribution in [0.15, 0.2) is 41.3 Å². The van der Waals surface area contributed by atoms with E-state index in [-0.39, 0.29) is 22.1 Å². The van der Waals surface area contributed by atoms with Gasteiger partial charge < -0.3 is 24.1 Å². The van der Waals surface area contributed by atoms with Crippen molar-refractivity contribution in [1.29, 1.82) is 0 Å². The largest absolute Gasteiger partial charge is 0.493 e. The molecule has 0 aliphatic rings. The van der Waals surface area contributed by atoms with Crippen LogP contribution in [-0.2, 0) is 14.8 Å². The summed E-state index contributed by atoms with van der Waals surface area (Å²) in [6.45, 7) is 2.25. The number of hydrogen-bond acceptors (Lipinski definition) is 7. The van der Waals surface area contributed by atoms with Crippen molar-refractivity contribution < 1.29 is 37.3 Å². The zero-order valence-corrected chi connectivity index (χ0v) is 17.8. The summed E-state index contributed by atoms with van der Waals surface area (Å²) in [6, 6.07) is 7.36. The lowest BCUT2D eigenvalue weighted by Gasteiger charge is -2.16. The average Bonchev–Trinajstić information content (AvgIpc) is 2.72. The highest BCUT2D eigenvalue weighted by Crippen LogP contribution is 2.38. The third kappa shape index (κ3) is 5.35. The normalized spacial score (nSPS) is 11.2. The fourth-order valence-corrected chi connectivity index (χ4v) is 3.90. The monoisotopic (exact) mass is 437 g/mol. The number of hydrogen-bond donors (Lipinski definition) is 2. The molecule has 0 heterocycles. The molecule has 30 heavy (non-hydrogen) atoms. The number of methoxy groups -OCH3 is 3. The van der Waals surface area contributed by atoms with E-state index in [2.05, 4.69) is 4.72 Å². The quantitative estimate of drug-likeness (QED) is 0.544. The van der Waals surface area contributed by atoms with Gasteiger partial charge in [-0.25, -0.2) is 13.2 Å². The van der Waals surface area contributed by atoms with Crippen molar-refractivity contribution in [2.45, 2.75) is 11.8 Å². The summed E-state index contributed by atoms with van der Waals surface area (Å²) in [5, 5.41) is 8.84. The van der Waals surface area contributed by atoms with Crippen LogP contribution in [0.25, 0.3) is 6.08 Å². The second-order valence-corrected chi connectivity index (χ2v) is 7.48. The maximum absolute atomic E-state index is 13.1. The second kappa shape index (κ2) is 9.88. The Bertz CT molecular complexity index is 1050. The molecule has 0 amide bonds. The first kappa shape index (κ1) is 22.9. The van der Waals surface area contributed by atoms with E-state index in [0.29, 0.717) is 23.7 Å². The molecular formula is C20H23NO8S. The number of ether oxygens (including phenoxy) is 4. The topological polar surface area (TPSA) is 120 Å². The Hall–Kier alpha value is -3.40. The Kier molecular flexibility index (Phi) is 7.54. The number of sulfonamides is 1. The number of carboxylic acids is 1. The van der Waals surface area contributed by atoms with Crippen LogP contribution < -0.4 is 23.7 Å². The van der Waals surface area contributed by atoms with Gasteiger partial charge >= 0.3 is 5.97 Å². The van der Waals surface area contributed by atoms with Gasteiger partial charge in [-0.3, -0.25) is 4.72 Å². The number of rotatable bonds is 10. The molecule has 0 aliphatic heterocycles. The van der Waals surface area contributed by atoms with Gasteiger partial charge in [0.25, 0.3) is 10.0 Å². The van der Waals surface area contributed by atoms with Gasteiger partial charge in [0, 0.05) is 12.1 Å². The van der Waals surface area contributed by atoms with Gasteiger partial charge in [0.1, 0.15) is 4.90 Å². The van der Waals surface area contributed by atoms with Gasteiger partial charge in [-0.1, -0.05) is 0 Å². The van der Waals surface area contributed by atoms with Gasteiger partial charge in [-0.15, -0.1) is 0 Å². The Balaban J connectivity index is 2.52. The van der Waals surface area contributed by atoms with Crippen molar-refractivity contribution in [3.8, 4) is 23.0 Å². The van der Waals surface area contributed by atoms with Crippen LogP contribution in [0.4, 0.5) is 5.69 Å². The fourth-order valence-electron chi connectivity index (χ4n) is 2.63. The van der Waals surface area contributed by atoms with Crippen molar-refractivity contribution in [3.63, 3.8) is 0 Å². The summed E-state index contributed by atoms with van der Waals surface area (Å²) < 4.78 is 49.8. The summed E-state index contributed by atoms with van der Waals surface area (Å²) in [5.74, 6) is -0.221. The maximum atomic E-state index is 13.1. The van der Waals surface area contributed by atoms with Crippen LogP contribution in [0.2, 0.25) is 0 Å². The van der Waals surface area contributed by atoms with Crippen LogP contribution in [0.5, 0.6) is 23.0 Å². The van der Waals surface area contributed by atoms with Crippen LogP contribution >= 0.6 is 0 Å². The molecule has 2 aromatic carbocycles. The van der Waals surface area contributed by atoms with E-state index < -0.39 is 16.0 Å². The Morgan fingerprint density at radius 3 is 2.30 bits per heavy atom.